The monoisotopic (exact) mass is 345 g/mol. The van der Waals surface area contributed by atoms with Crippen LogP contribution < -0.4 is 0 Å². The summed E-state index contributed by atoms with van der Waals surface area (Å²) in [5.41, 5.74) is 0.366. The SMILES string of the molecule is CN(C(=O)CSc1nc2ccccc2s1)C1(C#N)CCCCC1. The van der Waals surface area contributed by atoms with Gasteiger partial charge >= 0.3 is 0 Å². The molecular formula is C17H19N3OS2. The molecule has 120 valence electrons. The molecule has 1 aromatic carbocycles. The van der Waals surface area contributed by atoms with Crippen LogP contribution in [0.4, 0.5) is 0 Å². The lowest BCUT2D eigenvalue weighted by molar-refractivity contribution is -0.131. The Kier molecular flexibility index (Phi) is 4.88. The van der Waals surface area contributed by atoms with Crippen LogP contribution in [-0.4, -0.2) is 34.1 Å². The molecule has 1 fully saturated rings. The van der Waals surface area contributed by atoms with E-state index in [2.05, 4.69) is 11.1 Å². The highest BCUT2D eigenvalue weighted by molar-refractivity contribution is 8.01. The van der Waals surface area contributed by atoms with Gasteiger partial charge in [0.1, 0.15) is 5.54 Å². The van der Waals surface area contributed by atoms with Crippen LogP contribution in [0.15, 0.2) is 28.6 Å². The number of hydrogen-bond donors (Lipinski definition) is 0. The Morgan fingerprint density at radius 1 is 1.39 bits per heavy atom. The Hall–Kier alpha value is -1.58. The molecule has 2 aromatic rings. The van der Waals surface area contributed by atoms with Gasteiger partial charge in [0.2, 0.25) is 5.91 Å². The van der Waals surface area contributed by atoms with Crippen molar-refractivity contribution in [1.82, 2.24) is 9.88 Å². The lowest BCUT2D eigenvalue weighted by atomic mass is 9.81. The predicted molar refractivity (Wildman–Crippen MR) is 94.5 cm³/mol. The van der Waals surface area contributed by atoms with E-state index >= 15 is 0 Å². The van der Waals surface area contributed by atoms with Gasteiger partial charge < -0.3 is 4.90 Å². The average Bonchev–Trinajstić information content (AvgIpc) is 3.02. The number of nitriles is 1. The van der Waals surface area contributed by atoms with E-state index in [1.165, 1.54) is 11.8 Å². The number of carbonyl (C=O) groups is 1. The van der Waals surface area contributed by atoms with E-state index in [0.717, 1.165) is 46.7 Å². The highest BCUT2D eigenvalue weighted by Gasteiger charge is 2.38. The predicted octanol–water partition coefficient (Wildman–Crippen LogP) is 4.07. The molecule has 0 unspecified atom stereocenters. The van der Waals surface area contributed by atoms with Crippen LogP contribution in [0.3, 0.4) is 0 Å². The van der Waals surface area contributed by atoms with Crippen LogP contribution in [0, 0.1) is 11.3 Å². The summed E-state index contributed by atoms with van der Waals surface area (Å²) in [5.74, 6) is 0.345. The maximum Gasteiger partial charge on any atom is 0.234 e. The molecule has 0 radical (unpaired) electrons. The number of amides is 1. The topological polar surface area (TPSA) is 57.0 Å². The largest absolute Gasteiger partial charge is 0.326 e. The van der Waals surface area contributed by atoms with Crippen LogP contribution in [-0.2, 0) is 4.79 Å². The van der Waals surface area contributed by atoms with Crippen molar-refractivity contribution in [3.8, 4) is 6.07 Å². The minimum atomic E-state index is -0.608. The van der Waals surface area contributed by atoms with E-state index in [1.807, 2.05) is 24.3 Å². The summed E-state index contributed by atoms with van der Waals surface area (Å²) in [7, 11) is 1.77. The van der Waals surface area contributed by atoms with Gasteiger partial charge in [0.15, 0.2) is 4.34 Å². The summed E-state index contributed by atoms with van der Waals surface area (Å²) in [5, 5.41) is 9.58. The first-order valence-electron chi connectivity index (χ1n) is 7.81. The number of benzene rings is 1. The molecule has 6 heteroatoms. The Balaban J connectivity index is 1.65. The summed E-state index contributed by atoms with van der Waals surface area (Å²) < 4.78 is 2.04. The number of thioether (sulfide) groups is 1. The molecule has 1 aliphatic carbocycles. The highest BCUT2D eigenvalue weighted by Crippen LogP contribution is 2.34. The fraction of sp³-hybridized carbons (Fsp3) is 0.471. The normalized spacial score (nSPS) is 16.9. The van der Waals surface area contributed by atoms with E-state index in [4.69, 9.17) is 0 Å². The number of rotatable bonds is 4. The first-order valence-corrected chi connectivity index (χ1v) is 9.61. The number of fused-ring (bicyclic) bond motifs is 1. The lowest BCUT2D eigenvalue weighted by Crippen LogP contribution is -2.50. The molecule has 0 spiro atoms. The zero-order chi connectivity index (χ0) is 16.3. The van der Waals surface area contributed by atoms with Crippen molar-refractivity contribution in [1.29, 1.82) is 5.26 Å². The second-order valence-corrected chi connectivity index (χ2v) is 8.15. The van der Waals surface area contributed by atoms with E-state index in [1.54, 1.807) is 23.3 Å². The third-order valence-corrected chi connectivity index (χ3v) is 6.66. The number of para-hydroxylation sites is 1. The molecule has 0 saturated heterocycles. The molecule has 3 rings (SSSR count). The van der Waals surface area contributed by atoms with Crippen LogP contribution in [0.5, 0.6) is 0 Å². The summed E-state index contributed by atoms with van der Waals surface area (Å²) in [6.45, 7) is 0. The summed E-state index contributed by atoms with van der Waals surface area (Å²) in [6, 6.07) is 10.4. The number of hydrogen-bond acceptors (Lipinski definition) is 5. The van der Waals surface area contributed by atoms with Gasteiger partial charge in [0.05, 0.1) is 22.0 Å². The molecule has 0 bridgehead atoms. The number of thiazole rings is 1. The molecule has 0 atom stereocenters. The van der Waals surface area contributed by atoms with Crippen molar-refractivity contribution in [2.75, 3.05) is 12.8 Å². The number of carbonyl (C=O) groups excluding carboxylic acids is 1. The van der Waals surface area contributed by atoms with Crippen molar-refractivity contribution in [2.45, 2.75) is 42.0 Å². The van der Waals surface area contributed by atoms with Gasteiger partial charge in [-0.2, -0.15) is 5.26 Å². The molecule has 1 saturated carbocycles. The van der Waals surface area contributed by atoms with E-state index < -0.39 is 5.54 Å². The maximum absolute atomic E-state index is 12.5. The molecule has 0 aliphatic heterocycles. The van der Waals surface area contributed by atoms with Crippen LogP contribution >= 0.6 is 23.1 Å². The van der Waals surface area contributed by atoms with Gasteiger partial charge in [-0.15, -0.1) is 11.3 Å². The van der Waals surface area contributed by atoms with Crippen molar-refractivity contribution >= 4 is 39.2 Å². The first kappa shape index (κ1) is 16.3. The molecule has 1 heterocycles. The van der Waals surface area contributed by atoms with E-state index in [0.29, 0.717) is 5.75 Å². The van der Waals surface area contributed by atoms with Crippen molar-refractivity contribution in [3.05, 3.63) is 24.3 Å². The smallest absolute Gasteiger partial charge is 0.234 e. The van der Waals surface area contributed by atoms with Gasteiger partial charge in [-0.25, -0.2) is 4.98 Å². The number of nitrogens with zero attached hydrogens (tertiary/aromatic N) is 3. The fourth-order valence-corrected chi connectivity index (χ4v) is 5.01. The molecule has 1 amide bonds. The van der Waals surface area contributed by atoms with Gasteiger partial charge in [-0.1, -0.05) is 43.2 Å². The first-order chi connectivity index (χ1) is 11.1. The molecule has 1 aromatic heterocycles. The van der Waals surface area contributed by atoms with E-state index in [-0.39, 0.29) is 5.91 Å². The number of aromatic nitrogens is 1. The van der Waals surface area contributed by atoms with Crippen molar-refractivity contribution in [3.63, 3.8) is 0 Å². The minimum Gasteiger partial charge on any atom is -0.326 e. The second-order valence-electron chi connectivity index (χ2n) is 5.89. The Bertz CT molecular complexity index is 711. The third-order valence-electron chi connectivity index (χ3n) is 4.50. The van der Waals surface area contributed by atoms with Gasteiger partial charge in [-0.3, -0.25) is 4.79 Å². The van der Waals surface area contributed by atoms with Crippen LogP contribution in [0.1, 0.15) is 32.1 Å². The van der Waals surface area contributed by atoms with Crippen LogP contribution in [0.2, 0.25) is 0 Å². The van der Waals surface area contributed by atoms with Crippen molar-refractivity contribution in [2.24, 2.45) is 0 Å². The van der Waals surface area contributed by atoms with Gasteiger partial charge in [0, 0.05) is 7.05 Å². The molecule has 23 heavy (non-hydrogen) atoms. The average molecular weight is 345 g/mol. The standard InChI is InChI=1S/C17H19N3OS2/c1-20(17(12-18)9-5-2-6-10-17)15(21)11-22-16-19-13-7-3-4-8-14(13)23-16/h3-4,7-8H,2,5-6,9-11H2,1H3. The van der Waals surface area contributed by atoms with E-state index in [9.17, 15) is 10.1 Å². The van der Waals surface area contributed by atoms with Crippen molar-refractivity contribution < 1.29 is 4.79 Å². The summed E-state index contributed by atoms with van der Waals surface area (Å²) >= 11 is 3.07. The zero-order valence-electron chi connectivity index (χ0n) is 13.1. The van der Waals surface area contributed by atoms with Gasteiger partial charge in [-0.05, 0) is 25.0 Å². The third kappa shape index (κ3) is 3.36. The summed E-state index contributed by atoms with van der Waals surface area (Å²) in [4.78, 5) is 18.7. The minimum absolute atomic E-state index is 0.0118. The molecule has 1 aliphatic rings. The van der Waals surface area contributed by atoms with Crippen LogP contribution in [0.25, 0.3) is 10.2 Å². The zero-order valence-corrected chi connectivity index (χ0v) is 14.8. The Morgan fingerprint density at radius 3 is 2.83 bits per heavy atom. The highest BCUT2D eigenvalue weighted by atomic mass is 32.2. The maximum atomic E-state index is 12.5. The van der Waals surface area contributed by atoms with Gasteiger partial charge in [0.25, 0.3) is 0 Å². The lowest BCUT2D eigenvalue weighted by Gasteiger charge is -2.39. The summed E-state index contributed by atoms with van der Waals surface area (Å²) in [6.07, 6.45) is 4.79. The molecule has 4 nitrogen and oxygen atoms in total. The molecule has 0 N–H and O–H groups in total. The fourth-order valence-electron chi connectivity index (χ4n) is 3.03. The molecular weight excluding hydrogens is 326 g/mol. The Labute approximate surface area is 144 Å². The quantitative estimate of drug-likeness (QED) is 0.784. The Morgan fingerprint density at radius 2 is 2.13 bits per heavy atom. The second kappa shape index (κ2) is 6.90.